The molecule has 1 aromatic heterocycles. The lowest BCUT2D eigenvalue weighted by atomic mass is 10.2. The predicted octanol–water partition coefficient (Wildman–Crippen LogP) is 4.48. The molecule has 2 aromatic carbocycles. The first kappa shape index (κ1) is 23.6. The Balaban J connectivity index is 0.00000300. The zero-order valence-corrected chi connectivity index (χ0v) is 20.4. The van der Waals surface area contributed by atoms with Crippen LogP contribution in [-0.2, 0) is 17.1 Å². The number of thiazole rings is 1. The fraction of sp³-hybridized carbons (Fsp3) is 0.211. The molecule has 0 radical (unpaired) electrons. The van der Waals surface area contributed by atoms with E-state index in [1.807, 2.05) is 41.3 Å². The van der Waals surface area contributed by atoms with Crippen molar-refractivity contribution in [3.05, 3.63) is 57.7 Å². The quantitative estimate of drug-likeness (QED) is 0.500. The second-order valence-electron chi connectivity index (χ2n) is 6.20. The first-order valence-corrected chi connectivity index (χ1v) is 11.0. The summed E-state index contributed by atoms with van der Waals surface area (Å²) in [5, 5.41) is 2.14. The Morgan fingerprint density at radius 3 is 2.38 bits per heavy atom. The lowest BCUT2D eigenvalue weighted by Gasteiger charge is -2.14. The van der Waals surface area contributed by atoms with Gasteiger partial charge in [0, 0.05) is 32.1 Å². The van der Waals surface area contributed by atoms with Crippen LogP contribution in [0.3, 0.4) is 0 Å². The van der Waals surface area contributed by atoms with E-state index in [0.29, 0.717) is 0 Å². The van der Waals surface area contributed by atoms with Gasteiger partial charge in [-0.05, 0) is 36.4 Å². The zero-order chi connectivity index (χ0) is 20.5. The molecular weight excluding hydrogens is 498 g/mol. The molecule has 0 fully saturated rings. The van der Waals surface area contributed by atoms with Crippen LogP contribution < -0.4 is 9.54 Å². The molecule has 0 N–H and O–H groups in total. The van der Waals surface area contributed by atoms with Crippen molar-refractivity contribution in [3.8, 4) is 17.0 Å². The van der Waals surface area contributed by atoms with Gasteiger partial charge in [0.15, 0.2) is 4.80 Å². The summed E-state index contributed by atoms with van der Waals surface area (Å²) >= 11 is 7.62. The van der Waals surface area contributed by atoms with E-state index in [-0.39, 0.29) is 26.9 Å². The molecule has 3 aromatic rings. The second kappa shape index (κ2) is 9.44. The van der Waals surface area contributed by atoms with Gasteiger partial charge in [-0.2, -0.15) is 0 Å². The Bertz CT molecular complexity index is 1170. The fourth-order valence-electron chi connectivity index (χ4n) is 2.56. The van der Waals surface area contributed by atoms with Gasteiger partial charge in [-0.25, -0.2) is 17.7 Å². The molecular formula is C19H21BrClN3O3S2. The third-order valence-electron chi connectivity index (χ3n) is 4.21. The number of hydrogen-bond acceptors (Lipinski definition) is 5. The number of ether oxygens (including phenoxy) is 1. The van der Waals surface area contributed by atoms with E-state index in [2.05, 4.69) is 4.99 Å². The van der Waals surface area contributed by atoms with E-state index >= 15 is 0 Å². The summed E-state index contributed by atoms with van der Waals surface area (Å²) < 4.78 is 33.3. The number of benzene rings is 2. The van der Waals surface area contributed by atoms with Crippen LogP contribution in [0.5, 0.6) is 5.75 Å². The molecule has 1 heterocycles. The largest absolute Gasteiger partial charge is 0.497 e. The van der Waals surface area contributed by atoms with Crippen molar-refractivity contribution >= 4 is 55.6 Å². The van der Waals surface area contributed by atoms with Crippen LogP contribution in [-0.4, -0.2) is 38.5 Å². The summed E-state index contributed by atoms with van der Waals surface area (Å²) in [6, 6.07) is 12.5. The first-order valence-electron chi connectivity index (χ1n) is 8.30. The van der Waals surface area contributed by atoms with E-state index in [1.54, 1.807) is 25.3 Å². The zero-order valence-electron chi connectivity index (χ0n) is 16.3. The third-order valence-corrected chi connectivity index (χ3v) is 7.42. The van der Waals surface area contributed by atoms with Crippen molar-refractivity contribution in [1.82, 2.24) is 8.87 Å². The van der Waals surface area contributed by atoms with Crippen LogP contribution in [0.25, 0.3) is 11.3 Å². The van der Waals surface area contributed by atoms with Gasteiger partial charge in [-0.15, -0.1) is 28.3 Å². The Labute approximate surface area is 189 Å². The first-order chi connectivity index (χ1) is 13.2. The summed E-state index contributed by atoms with van der Waals surface area (Å²) in [6.45, 7) is 0. The molecule has 0 atom stereocenters. The molecule has 6 nitrogen and oxygen atoms in total. The molecule has 0 aliphatic rings. The molecule has 0 saturated heterocycles. The molecule has 10 heteroatoms. The predicted molar refractivity (Wildman–Crippen MR) is 123 cm³/mol. The van der Waals surface area contributed by atoms with Crippen molar-refractivity contribution in [1.29, 1.82) is 0 Å². The second-order valence-corrected chi connectivity index (χ2v) is 9.57. The number of rotatable bonds is 5. The van der Waals surface area contributed by atoms with Crippen LogP contribution in [0.1, 0.15) is 0 Å². The van der Waals surface area contributed by atoms with E-state index < -0.39 is 10.0 Å². The molecule has 29 heavy (non-hydrogen) atoms. The van der Waals surface area contributed by atoms with Gasteiger partial charge in [0.25, 0.3) is 0 Å². The van der Waals surface area contributed by atoms with E-state index in [4.69, 9.17) is 16.3 Å². The van der Waals surface area contributed by atoms with Crippen LogP contribution in [0.2, 0.25) is 5.02 Å². The highest BCUT2D eigenvalue weighted by Gasteiger charge is 2.22. The smallest absolute Gasteiger partial charge is 0.244 e. The van der Waals surface area contributed by atoms with Gasteiger partial charge in [-0.3, -0.25) is 0 Å². The highest BCUT2D eigenvalue weighted by atomic mass is 79.9. The molecule has 0 amide bonds. The van der Waals surface area contributed by atoms with Gasteiger partial charge < -0.3 is 9.30 Å². The maximum atomic E-state index is 12.5. The van der Waals surface area contributed by atoms with Gasteiger partial charge in [-0.1, -0.05) is 17.7 Å². The van der Waals surface area contributed by atoms with Crippen LogP contribution >= 0.6 is 39.9 Å². The van der Waals surface area contributed by atoms with Gasteiger partial charge in [0.2, 0.25) is 10.0 Å². The standard InChI is InChI=1S/C19H20ClN3O3S2.BrH/c1-22(2)28(24,25)18-11-13(5-10-16(18)20)17-12-27-19(23(17)3)21-14-6-8-15(26-4)9-7-14;/h5-12H,1-4H3;1H. The molecule has 0 aliphatic heterocycles. The molecule has 3 rings (SSSR count). The average Bonchev–Trinajstić information content (AvgIpc) is 3.03. The van der Waals surface area contributed by atoms with Gasteiger partial charge in [0.05, 0.1) is 23.5 Å². The monoisotopic (exact) mass is 517 g/mol. The highest BCUT2D eigenvalue weighted by Crippen LogP contribution is 2.29. The van der Waals surface area contributed by atoms with E-state index in [9.17, 15) is 8.42 Å². The molecule has 156 valence electrons. The van der Waals surface area contributed by atoms with Crippen molar-refractivity contribution in [2.45, 2.75) is 4.90 Å². The number of methoxy groups -OCH3 is 1. The Morgan fingerprint density at radius 1 is 1.14 bits per heavy atom. The van der Waals surface area contributed by atoms with Gasteiger partial charge in [0.1, 0.15) is 10.6 Å². The van der Waals surface area contributed by atoms with E-state index in [0.717, 1.165) is 31.8 Å². The topological polar surface area (TPSA) is 63.9 Å². The lowest BCUT2D eigenvalue weighted by molar-refractivity contribution is 0.415. The molecule has 0 spiro atoms. The van der Waals surface area contributed by atoms with Gasteiger partial charge >= 0.3 is 0 Å². The summed E-state index contributed by atoms with van der Waals surface area (Å²) in [4.78, 5) is 5.52. The van der Waals surface area contributed by atoms with Crippen molar-refractivity contribution in [2.75, 3.05) is 21.2 Å². The minimum absolute atomic E-state index is 0. The van der Waals surface area contributed by atoms with Crippen molar-refractivity contribution in [2.24, 2.45) is 12.0 Å². The Morgan fingerprint density at radius 2 is 1.79 bits per heavy atom. The summed E-state index contributed by atoms with van der Waals surface area (Å²) in [5.74, 6) is 0.769. The Kier molecular flexibility index (Phi) is 7.69. The minimum Gasteiger partial charge on any atom is -0.497 e. The maximum Gasteiger partial charge on any atom is 0.244 e. The van der Waals surface area contributed by atoms with Crippen molar-refractivity contribution < 1.29 is 13.2 Å². The molecule has 0 saturated carbocycles. The number of aromatic nitrogens is 1. The fourth-order valence-corrected chi connectivity index (χ4v) is 4.88. The third kappa shape index (κ3) is 4.92. The summed E-state index contributed by atoms with van der Waals surface area (Å²) in [6.07, 6.45) is 0. The van der Waals surface area contributed by atoms with Crippen LogP contribution in [0, 0.1) is 0 Å². The molecule has 0 aliphatic carbocycles. The van der Waals surface area contributed by atoms with Crippen LogP contribution in [0.15, 0.2) is 57.7 Å². The normalized spacial score (nSPS) is 12.1. The Hall–Kier alpha value is -1.65. The highest BCUT2D eigenvalue weighted by molar-refractivity contribution is 8.93. The minimum atomic E-state index is -3.64. The van der Waals surface area contributed by atoms with E-state index in [1.165, 1.54) is 25.4 Å². The lowest BCUT2D eigenvalue weighted by Crippen LogP contribution is -2.22. The number of nitrogens with zero attached hydrogens (tertiary/aromatic N) is 3. The molecule has 0 bridgehead atoms. The molecule has 0 unspecified atom stereocenters. The number of hydrogen-bond donors (Lipinski definition) is 0. The maximum absolute atomic E-state index is 12.5. The average molecular weight is 519 g/mol. The summed E-state index contributed by atoms with van der Waals surface area (Å²) in [5.41, 5.74) is 2.40. The summed E-state index contributed by atoms with van der Waals surface area (Å²) in [7, 11) is 2.83. The SMILES string of the molecule is Br.COc1ccc(N=c2scc(-c3ccc(Cl)c(S(=O)(=O)N(C)C)c3)n2C)cc1. The van der Waals surface area contributed by atoms with Crippen molar-refractivity contribution in [3.63, 3.8) is 0 Å². The number of halogens is 2. The van der Waals surface area contributed by atoms with Crippen LogP contribution in [0.4, 0.5) is 5.69 Å². The number of sulfonamides is 1.